The number of carbonyl (C=O) groups excluding carboxylic acids is 3. The number of carbonyl (C=O) groups is 3. The van der Waals surface area contributed by atoms with E-state index in [9.17, 15) is 19.5 Å². The fourth-order valence-corrected chi connectivity index (χ4v) is 6.07. The maximum Gasteiger partial charge on any atom is 1.00 e. The van der Waals surface area contributed by atoms with Gasteiger partial charge in [0.15, 0.2) is 0 Å². The monoisotopic (exact) mass is 491 g/mol. The van der Waals surface area contributed by atoms with Crippen molar-refractivity contribution in [2.45, 2.75) is 43.0 Å². The van der Waals surface area contributed by atoms with E-state index >= 15 is 0 Å². The Labute approximate surface area is 214 Å². The Morgan fingerprint density at radius 3 is 2.48 bits per heavy atom. The SMILES string of the molecule is Cc1onc(-c2c(Cl)cccc2Cl)c1C(=O)N[C@@H]1C(=O)N2C(C(=O)[O-])C(C)(C)S[C@H]12.[Na+]. The first-order valence-electron chi connectivity index (χ1n) is 8.97. The van der Waals surface area contributed by atoms with E-state index in [4.69, 9.17) is 27.7 Å². The van der Waals surface area contributed by atoms with Gasteiger partial charge in [0.1, 0.15) is 28.4 Å². The minimum Gasteiger partial charge on any atom is -0.548 e. The Hall–Kier alpha value is -1.23. The fourth-order valence-electron chi connectivity index (χ4n) is 3.87. The molecule has 4 rings (SSSR count). The molecule has 1 aromatic heterocycles. The largest absolute Gasteiger partial charge is 1.00 e. The molecule has 0 aliphatic carbocycles. The van der Waals surface area contributed by atoms with Gasteiger partial charge in [0, 0.05) is 10.3 Å². The van der Waals surface area contributed by atoms with E-state index in [2.05, 4.69) is 10.5 Å². The van der Waals surface area contributed by atoms with E-state index in [-0.39, 0.29) is 46.6 Å². The Morgan fingerprint density at radius 1 is 1.29 bits per heavy atom. The van der Waals surface area contributed by atoms with E-state index in [0.717, 1.165) is 0 Å². The third-order valence-electron chi connectivity index (χ3n) is 5.24. The van der Waals surface area contributed by atoms with Crippen molar-refractivity contribution in [2.24, 2.45) is 0 Å². The van der Waals surface area contributed by atoms with Crippen molar-refractivity contribution in [1.82, 2.24) is 15.4 Å². The van der Waals surface area contributed by atoms with Gasteiger partial charge < -0.3 is 24.6 Å². The Morgan fingerprint density at radius 2 is 1.90 bits per heavy atom. The molecule has 158 valence electrons. The van der Waals surface area contributed by atoms with Gasteiger partial charge in [0.05, 0.1) is 22.1 Å². The minimum absolute atomic E-state index is 0. The van der Waals surface area contributed by atoms with Gasteiger partial charge in [-0.1, -0.05) is 34.4 Å². The van der Waals surface area contributed by atoms with Crippen LogP contribution >= 0.6 is 35.0 Å². The third kappa shape index (κ3) is 3.89. The van der Waals surface area contributed by atoms with Crippen molar-refractivity contribution in [3.8, 4) is 11.3 Å². The minimum atomic E-state index is -1.32. The first-order valence-corrected chi connectivity index (χ1v) is 10.6. The molecule has 3 heterocycles. The molecule has 1 N–H and O–H groups in total. The van der Waals surface area contributed by atoms with Gasteiger partial charge in [0.2, 0.25) is 5.91 Å². The van der Waals surface area contributed by atoms with E-state index in [1.54, 1.807) is 39.0 Å². The molecule has 0 saturated carbocycles. The van der Waals surface area contributed by atoms with Crippen LogP contribution in [0.1, 0.15) is 30.0 Å². The number of hydrogen-bond acceptors (Lipinski definition) is 7. The van der Waals surface area contributed by atoms with Crippen LogP contribution in [0.3, 0.4) is 0 Å². The van der Waals surface area contributed by atoms with Gasteiger partial charge in [-0.25, -0.2) is 0 Å². The Balaban J connectivity index is 0.00000272. The molecule has 2 aliphatic rings. The number of aryl methyl sites for hydroxylation is 1. The van der Waals surface area contributed by atoms with Gasteiger partial charge in [-0.3, -0.25) is 9.59 Å². The van der Waals surface area contributed by atoms with Crippen LogP contribution < -0.4 is 40.0 Å². The molecule has 2 amide bonds. The van der Waals surface area contributed by atoms with Crippen molar-refractivity contribution in [1.29, 1.82) is 0 Å². The fraction of sp³-hybridized carbons (Fsp3) is 0.368. The number of β-lactam (4-membered cyclic amide) rings is 1. The van der Waals surface area contributed by atoms with Gasteiger partial charge in [0.25, 0.3) is 5.91 Å². The molecule has 31 heavy (non-hydrogen) atoms. The van der Waals surface area contributed by atoms with Crippen LogP contribution in [0.2, 0.25) is 10.0 Å². The van der Waals surface area contributed by atoms with E-state index in [1.807, 2.05) is 0 Å². The zero-order chi connectivity index (χ0) is 22.0. The molecule has 0 radical (unpaired) electrons. The van der Waals surface area contributed by atoms with E-state index in [0.29, 0.717) is 15.6 Å². The summed E-state index contributed by atoms with van der Waals surface area (Å²) < 4.78 is 4.45. The van der Waals surface area contributed by atoms with E-state index < -0.39 is 40.0 Å². The molecular formula is C19H16Cl2N3NaO5S. The third-order valence-corrected chi connectivity index (χ3v) is 7.44. The second kappa shape index (κ2) is 8.61. The molecule has 1 unspecified atom stereocenters. The summed E-state index contributed by atoms with van der Waals surface area (Å²) in [6, 6.07) is 2.94. The van der Waals surface area contributed by atoms with Crippen molar-refractivity contribution in [3.63, 3.8) is 0 Å². The van der Waals surface area contributed by atoms with E-state index in [1.165, 1.54) is 16.7 Å². The number of amides is 2. The molecule has 2 saturated heterocycles. The molecule has 8 nitrogen and oxygen atoms in total. The van der Waals surface area contributed by atoms with Crippen molar-refractivity contribution >= 4 is 52.7 Å². The van der Waals surface area contributed by atoms with Gasteiger partial charge >= 0.3 is 29.6 Å². The number of hydrogen-bond donors (Lipinski definition) is 1. The van der Waals surface area contributed by atoms with Crippen LogP contribution in [-0.2, 0) is 9.59 Å². The summed E-state index contributed by atoms with van der Waals surface area (Å²) in [6.07, 6.45) is 0. The van der Waals surface area contributed by atoms with Gasteiger partial charge in [-0.2, -0.15) is 0 Å². The molecule has 12 heteroatoms. The first kappa shape index (κ1) is 24.4. The van der Waals surface area contributed by atoms with Crippen LogP contribution in [0.5, 0.6) is 0 Å². The number of aromatic nitrogens is 1. The van der Waals surface area contributed by atoms with Gasteiger partial charge in [-0.15, -0.1) is 11.8 Å². The number of aliphatic carboxylic acids is 1. The van der Waals surface area contributed by atoms with Gasteiger partial charge in [-0.05, 0) is 32.9 Å². The average molecular weight is 492 g/mol. The first-order chi connectivity index (χ1) is 14.0. The number of halogens is 2. The standard InChI is InChI=1S/C19H17Cl2N3O5S.Na/c1-7-10(12(23-29-7)11-8(20)5-4-6-9(11)21)15(25)22-13-16(26)24-14(18(27)28)19(2,3)30-17(13)24;/h4-6,13-14,17H,1-3H3,(H,22,25)(H,27,28);/q;+1/p-1/t13-,14?,17-;/m1./s1. The second-order valence-corrected chi connectivity index (χ2v) is 10.2. The van der Waals surface area contributed by atoms with Crippen LogP contribution in [0.15, 0.2) is 22.7 Å². The molecular weight excluding hydrogens is 476 g/mol. The number of rotatable bonds is 4. The number of thioether (sulfide) groups is 1. The molecule has 2 aromatic rings. The Kier molecular flexibility index (Phi) is 6.78. The second-order valence-electron chi connectivity index (χ2n) is 7.59. The van der Waals surface area contributed by atoms with Crippen LogP contribution in [0.4, 0.5) is 0 Å². The summed E-state index contributed by atoms with van der Waals surface area (Å²) in [5.74, 6) is -2.16. The summed E-state index contributed by atoms with van der Waals surface area (Å²) in [5, 5.41) is 18.2. The maximum absolute atomic E-state index is 13.1. The average Bonchev–Trinajstić information content (AvgIpc) is 3.14. The molecule has 2 aliphatic heterocycles. The zero-order valence-corrected chi connectivity index (χ0v) is 21.4. The quantitative estimate of drug-likeness (QED) is 0.425. The van der Waals surface area contributed by atoms with Crippen LogP contribution in [0.25, 0.3) is 11.3 Å². The molecule has 0 bridgehead atoms. The summed E-state index contributed by atoms with van der Waals surface area (Å²) in [5.41, 5.74) is 0.615. The maximum atomic E-state index is 13.1. The predicted octanol–water partition coefficient (Wildman–Crippen LogP) is -1.13. The number of benzene rings is 1. The summed E-state index contributed by atoms with van der Waals surface area (Å²) in [4.78, 5) is 38.5. The predicted molar refractivity (Wildman–Crippen MR) is 109 cm³/mol. The number of fused-ring (bicyclic) bond motifs is 1. The molecule has 0 spiro atoms. The molecule has 2 fully saturated rings. The summed E-state index contributed by atoms with van der Waals surface area (Å²) >= 11 is 13.8. The number of carboxylic acid groups (broad SMARTS) is 1. The normalized spacial score (nSPS) is 23.6. The van der Waals surface area contributed by atoms with Crippen molar-refractivity contribution < 1.29 is 53.6 Å². The van der Waals surface area contributed by atoms with Crippen LogP contribution in [0, 0.1) is 6.92 Å². The summed E-state index contributed by atoms with van der Waals surface area (Å²) in [7, 11) is 0. The Bertz CT molecular complexity index is 1070. The molecule has 3 atom stereocenters. The topological polar surface area (TPSA) is 116 Å². The van der Waals surface area contributed by atoms with Crippen molar-refractivity contribution in [3.05, 3.63) is 39.6 Å². The van der Waals surface area contributed by atoms with Crippen LogP contribution in [-0.4, -0.2) is 50.0 Å². The summed E-state index contributed by atoms with van der Waals surface area (Å²) in [6.45, 7) is 5.01. The number of nitrogens with one attached hydrogen (secondary N) is 1. The zero-order valence-electron chi connectivity index (χ0n) is 17.1. The number of carboxylic acids is 1. The smallest absolute Gasteiger partial charge is 0.548 e. The number of nitrogens with zero attached hydrogens (tertiary/aromatic N) is 2. The van der Waals surface area contributed by atoms with Crippen molar-refractivity contribution in [2.75, 3.05) is 0 Å². The molecule has 1 aromatic carbocycles.